The lowest BCUT2D eigenvalue weighted by Gasteiger charge is -2.17. The Morgan fingerprint density at radius 2 is 1.84 bits per heavy atom. The van der Waals surface area contributed by atoms with Gasteiger partial charge < -0.3 is 16.0 Å². The van der Waals surface area contributed by atoms with Gasteiger partial charge in [0.05, 0.1) is 12.0 Å². The van der Waals surface area contributed by atoms with Crippen LogP contribution in [0.3, 0.4) is 0 Å². The predicted octanol–water partition coefficient (Wildman–Crippen LogP) is 5.19. The highest BCUT2D eigenvalue weighted by atomic mass is 32.1. The van der Waals surface area contributed by atoms with Gasteiger partial charge in [-0.25, -0.2) is 4.98 Å². The first-order valence-corrected chi connectivity index (χ1v) is 12.1. The number of nitrogens with zero attached hydrogens (tertiary/aromatic N) is 3. The summed E-state index contributed by atoms with van der Waals surface area (Å²) in [5, 5.41) is 3.01. The standard InChI is InChI=1S/C26H20F3N5O2S/c27-26(28,29)17-6-8-19(15-4-2-1-3-5-15)20(13-17)24(36)31-18-7-9-21-16(12-18)10-11-34(21)23(35)14-22-32-25(30)37-33-22/h1-9,12-13H,10-11,14H2,(H,31,36)(H2,30,32,33). The normalized spacial score (nSPS) is 12.9. The molecular weight excluding hydrogens is 503 g/mol. The third kappa shape index (κ3) is 5.17. The van der Waals surface area contributed by atoms with Gasteiger partial charge in [-0.3, -0.25) is 9.59 Å². The van der Waals surface area contributed by atoms with Gasteiger partial charge in [0.15, 0.2) is 11.0 Å². The lowest BCUT2D eigenvalue weighted by molar-refractivity contribution is -0.137. The van der Waals surface area contributed by atoms with Crippen molar-refractivity contribution in [3.05, 3.63) is 89.2 Å². The maximum Gasteiger partial charge on any atom is 0.416 e. The summed E-state index contributed by atoms with van der Waals surface area (Å²) in [4.78, 5) is 31.6. The zero-order chi connectivity index (χ0) is 26.2. The molecule has 7 nitrogen and oxygen atoms in total. The van der Waals surface area contributed by atoms with Gasteiger partial charge >= 0.3 is 6.18 Å². The van der Waals surface area contributed by atoms with E-state index in [0.29, 0.717) is 46.4 Å². The molecule has 4 aromatic rings. The maximum absolute atomic E-state index is 13.4. The van der Waals surface area contributed by atoms with E-state index in [0.717, 1.165) is 29.2 Å². The molecule has 0 radical (unpaired) electrons. The number of rotatable bonds is 5. The molecule has 0 spiro atoms. The Bertz CT molecular complexity index is 1490. The second-order valence-electron chi connectivity index (χ2n) is 8.44. The second-order valence-corrected chi connectivity index (χ2v) is 9.23. The number of amides is 2. The van der Waals surface area contributed by atoms with Gasteiger partial charge in [0, 0.05) is 35.0 Å². The molecular formula is C26H20F3N5O2S. The van der Waals surface area contributed by atoms with Crippen LogP contribution in [0.5, 0.6) is 0 Å². The molecule has 3 N–H and O–H groups in total. The van der Waals surface area contributed by atoms with Crippen LogP contribution in [-0.2, 0) is 23.8 Å². The number of alkyl halides is 3. The van der Waals surface area contributed by atoms with Crippen molar-refractivity contribution in [1.29, 1.82) is 0 Å². The molecule has 1 aliphatic rings. The molecule has 1 aromatic heterocycles. The van der Waals surface area contributed by atoms with Gasteiger partial charge in [0.25, 0.3) is 5.91 Å². The Balaban J connectivity index is 1.39. The van der Waals surface area contributed by atoms with Crippen LogP contribution in [0.25, 0.3) is 11.1 Å². The molecule has 188 valence electrons. The molecule has 0 fully saturated rings. The highest BCUT2D eigenvalue weighted by Gasteiger charge is 2.32. The largest absolute Gasteiger partial charge is 0.416 e. The first-order valence-electron chi connectivity index (χ1n) is 11.3. The molecule has 0 saturated carbocycles. The molecule has 37 heavy (non-hydrogen) atoms. The van der Waals surface area contributed by atoms with Crippen LogP contribution in [-0.4, -0.2) is 27.7 Å². The van der Waals surface area contributed by atoms with Gasteiger partial charge in [-0.2, -0.15) is 17.5 Å². The molecule has 0 aliphatic carbocycles. The quantitative estimate of drug-likeness (QED) is 0.375. The highest BCUT2D eigenvalue weighted by molar-refractivity contribution is 7.09. The van der Waals surface area contributed by atoms with E-state index in [1.165, 1.54) is 6.07 Å². The van der Waals surface area contributed by atoms with Crippen molar-refractivity contribution < 1.29 is 22.8 Å². The van der Waals surface area contributed by atoms with Gasteiger partial charge in [0.2, 0.25) is 5.91 Å². The number of nitrogens with one attached hydrogen (secondary N) is 1. The summed E-state index contributed by atoms with van der Waals surface area (Å²) >= 11 is 1.03. The topological polar surface area (TPSA) is 101 Å². The first-order chi connectivity index (χ1) is 17.7. The zero-order valence-electron chi connectivity index (χ0n) is 19.2. The summed E-state index contributed by atoms with van der Waals surface area (Å²) in [6.45, 7) is 0.455. The van der Waals surface area contributed by atoms with Crippen molar-refractivity contribution in [2.24, 2.45) is 0 Å². The summed E-state index contributed by atoms with van der Waals surface area (Å²) in [5.74, 6) is -0.479. The highest BCUT2D eigenvalue weighted by Crippen LogP contribution is 2.35. The number of anilines is 3. The maximum atomic E-state index is 13.4. The molecule has 1 aliphatic heterocycles. The summed E-state index contributed by atoms with van der Waals surface area (Å²) < 4.78 is 44.3. The Hall–Kier alpha value is -4.25. The lowest BCUT2D eigenvalue weighted by Crippen LogP contribution is -2.30. The minimum atomic E-state index is -4.59. The van der Waals surface area contributed by atoms with E-state index in [1.807, 2.05) is 0 Å². The van der Waals surface area contributed by atoms with Gasteiger partial charge in [0.1, 0.15) is 0 Å². The summed E-state index contributed by atoms with van der Waals surface area (Å²) in [6.07, 6.45) is -4.01. The number of nitrogen functional groups attached to an aromatic ring is 1. The molecule has 0 atom stereocenters. The minimum Gasteiger partial charge on any atom is -0.374 e. The summed E-state index contributed by atoms with van der Waals surface area (Å²) in [6, 6.07) is 17.0. The number of halogens is 3. The fourth-order valence-electron chi connectivity index (χ4n) is 4.28. The van der Waals surface area contributed by atoms with E-state index in [-0.39, 0.29) is 17.9 Å². The van der Waals surface area contributed by atoms with Crippen LogP contribution in [0.2, 0.25) is 0 Å². The van der Waals surface area contributed by atoms with Crippen LogP contribution < -0.4 is 16.0 Å². The van der Waals surface area contributed by atoms with E-state index >= 15 is 0 Å². The van der Waals surface area contributed by atoms with Crippen molar-refractivity contribution in [2.75, 3.05) is 22.5 Å². The van der Waals surface area contributed by atoms with Crippen LogP contribution in [0, 0.1) is 0 Å². The van der Waals surface area contributed by atoms with Crippen molar-refractivity contribution in [3.8, 4) is 11.1 Å². The van der Waals surface area contributed by atoms with Crippen LogP contribution in [0.4, 0.5) is 29.7 Å². The molecule has 5 rings (SSSR count). The number of hydrogen-bond donors (Lipinski definition) is 2. The summed E-state index contributed by atoms with van der Waals surface area (Å²) in [5.41, 5.74) is 7.57. The first kappa shape index (κ1) is 24.4. The number of hydrogen-bond acceptors (Lipinski definition) is 6. The Labute approximate surface area is 213 Å². The van der Waals surface area contributed by atoms with Crippen LogP contribution >= 0.6 is 11.5 Å². The number of benzene rings is 3. The van der Waals surface area contributed by atoms with Gasteiger partial charge in [-0.05, 0) is 53.4 Å². The van der Waals surface area contributed by atoms with E-state index in [2.05, 4.69) is 14.7 Å². The fraction of sp³-hybridized carbons (Fsp3) is 0.154. The number of carbonyl (C=O) groups excluding carboxylic acids is 2. The molecule has 11 heteroatoms. The molecule has 2 amide bonds. The van der Waals surface area contributed by atoms with E-state index < -0.39 is 17.6 Å². The van der Waals surface area contributed by atoms with Gasteiger partial charge in [-0.15, -0.1) is 0 Å². The van der Waals surface area contributed by atoms with E-state index in [1.54, 1.807) is 53.4 Å². The Morgan fingerprint density at radius 1 is 1.05 bits per heavy atom. The van der Waals surface area contributed by atoms with Crippen LogP contribution in [0.1, 0.15) is 27.3 Å². The monoisotopic (exact) mass is 523 g/mol. The fourth-order valence-corrected chi connectivity index (χ4v) is 4.74. The van der Waals surface area contributed by atoms with Crippen LogP contribution in [0.15, 0.2) is 66.7 Å². The summed E-state index contributed by atoms with van der Waals surface area (Å²) in [7, 11) is 0. The van der Waals surface area contributed by atoms with Crippen molar-refractivity contribution in [1.82, 2.24) is 9.36 Å². The third-order valence-corrected chi connectivity index (χ3v) is 6.58. The second kappa shape index (κ2) is 9.66. The molecule has 2 heterocycles. The van der Waals surface area contributed by atoms with Crippen molar-refractivity contribution in [3.63, 3.8) is 0 Å². The average Bonchev–Trinajstić information content (AvgIpc) is 3.49. The van der Waals surface area contributed by atoms with Crippen molar-refractivity contribution in [2.45, 2.75) is 19.0 Å². The number of aromatic nitrogens is 2. The number of carbonyl (C=O) groups is 2. The smallest absolute Gasteiger partial charge is 0.374 e. The van der Waals surface area contributed by atoms with E-state index in [9.17, 15) is 22.8 Å². The Kier molecular flexibility index (Phi) is 6.38. The molecule has 0 bridgehead atoms. The van der Waals surface area contributed by atoms with Gasteiger partial charge in [-0.1, -0.05) is 36.4 Å². The number of nitrogens with two attached hydrogens (primary N) is 1. The average molecular weight is 524 g/mol. The molecule has 3 aromatic carbocycles. The third-order valence-electron chi connectivity index (χ3n) is 6.00. The molecule has 0 saturated heterocycles. The van der Waals surface area contributed by atoms with Crippen molar-refractivity contribution >= 4 is 39.9 Å². The minimum absolute atomic E-state index is 0.0173. The lowest BCUT2D eigenvalue weighted by atomic mass is 9.96. The predicted molar refractivity (Wildman–Crippen MR) is 135 cm³/mol. The van der Waals surface area contributed by atoms with E-state index in [4.69, 9.17) is 5.73 Å². The molecule has 0 unspecified atom stereocenters. The Morgan fingerprint density at radius 3 is 2.54 bits per heavy atom. The zero-order valence-corrected chi connectivity index (χ0v) is 20.1. The number of fused-ring (bicyclic) bond motifs is 1. The SMILES string of the molecule is Nc1nc(CC(=O)N2CCc3cc(NC(=O)c4cc(C(F)(F)F)ccc4-c4ccccc4)ccc32)ns1.